The minimum absolute atomic E-state index is 0.157. The van der Waals surface area contributed by atoms with Crippen molar-refractivity contribution in [2.45, 2.75) is 56.6 Å². The van der Waals surface area contributed by atoms with Gasteiger partial charge < -0.3 is 20.2 Å². The molecule has 2 fully saturated rings. The number of nitriles is 1. The number of anilines is 1. The van der Waals surface area contributed by atoms with Gasteiger partial charge in [0.25, 0.3) is 0 Å². The summed E-state index contributed by atoms with van der Waals surface area (Å²) in [6, 6.07) is 5.02. The maximum atomic E-state index is 11.0. The zero-order valence-electron chi connectivity index (χ0n) is 12.5. The summed E-state index contributed by atoms with van der Waals surface area (Å²) in [5, 5.41) is 41.0. The standard InChI is InChI=1S/C16H19ClN2O3/c1-9-11(4-3-10(7-18)14(9)17)19-12-5-15(2,21)8-16(19,22)6-13(12)20/h3-4,12-13,20-22H,5-6,8H2,1-2H3/t12-,13?,15-,16+/m0/s1. The fraction of sp³-hybridized carbons (Fsp3) is 0.562. The van der Waals surface area contributed by atoms with Crippen molar-refractivity contribution in [1.29, 1.82) is 5.26 Å². The molecule has 2 bridgehead atoms. The van der Waals surface area contributed by atoms with E-state index in [-0.39, 0.29) is 18.9 Å². The van der Waals surface area contributed by atoms with Gasteiger partial charge in [-0.25, -0.2) is 0 Å². The molecule has 0 saturated carbocycles. The van der Waals surface area contributed by atoms with Crippen LogP contribution in [0.15, 0.2) is 12.1 Å². The number of nitrogens with zero attached hydrogens (tertiary/aromatic N) is 2. The Morgan fingerprint density at radius 2 is 2.05 bits per heavy atom. The Kier molecular flexibility index (Phi) is 3.42. The van der Waals surface area contributed by atoms with Crippen LogP contribution in [0.2, 0.25) is 5.02 Å². The van der Waals surface area contributed by atoms with Gasteiger partial charge in [-0.3, -0.25) is 0 Å². The number of aliphatic hydroxyl groups excluding tert-OH is 1. The normalized spacial score (nSPS) is 37.2. The van der Waals surface area contributed by atoms with Crippen molar-refractivity contribution in [2.24, 2.45) is 0 Å². The first-order valence-electron chi connectivity index (χ1n) is 7.30. The monoisotopic (exact) mass is 322 g/mol. The highest BCUT2D eigenvalue weighted by Crippen LogP contribution is 2.50. The maximum Gasteiger partial charge on any atom is 0.143 e. The molecule has 0 radical (unpaired) electrons. The molecule has 6 heteroatoms. The lowest BCUT2D eigenvalue weighted by Gasteiger charge is -2.48. The molecule has 2 aliphatic heterocycles. The number of hydrogen-bond acceptors (Lipinski definition) is 5. The van der Waals surface area contributed by atoms with Crippen molar-refractivity contribution in [3.8, 4) is 6.07 Å². The summed E-state index contributed by atoms with van der Waals surface area (Å²) in [4.78, 5) is 1.76. The van der Waals surface area contributed by atoms with Gasteiger partial charge >= 0.3 is 0 Å². The lowest BCUT2D eigenvalue weighted by atomic mass is 9.85. The second-order valence-corrected chi connectivity index (χ2v) is 7.13. The highest BCUT2D eigenvalue weighted by molar-refractivity contribution is 6.32. The van der Waals surface area contributed by atoms with Crippen LogP contribution in [0.25, 0.3) is 0 Å². The average Bonchev–Trinajstić information content (AvgIpc) is 2.57. The third-order valence-electron chi connectivity index (χ3n) is 4.81. The number of fused-ring (bicyclic) bond motifs is 2. The molecular formula is C16H19ClN2O3. The number of rotatable bonds is 1. The van der Waals surface area contributed by atoms with Crippen LogP contribution in [0.5, 0.6) is 0 Å². The largest absolute Gasteiger partial charge is 0.391 e. The van der Waals surface area contributed by atoms with E-state index in [2.05, 4.69) is 0 Å². The smallest absolute Gasteiger partial charge is 0.143 e. The van der Waals surface area contributed by atoms with E-state index in [1.165, 1.54) is 0 Å². The van der Waals surface area contributed by atoms with Crippen LogP contribution in [0.1, 0.15) is 37.3 Å². The molecule has 1 aromatic carbocycles. The average molecular weight is 323 g/mol. The molecule has 2 saturated heterocycles. The zero-order valence-corrected chi connectivity index (χ0v) is 13.3. The maximum absolute atomic E-state index is 11.0. The minimum Gasteiger partial charge on any atom is -0.391 e. The fourth-order valence-electron chi connectivity index (χ4n) is 3.99. The van der Waals surface area contributed by atoms with E-state index >= 15 is 0 Å². The van der Waals surface area contributed by atoms with E-state index < -0.39 is 17.4 Å². The van der Waals surface area contributed by atoms with Crippen molar-refractivity contribution < 1.29 is 15.3 Å². The fourth-order valence-corrected chi connectivity index (χ4v) is 4.19. The Morgan fingerprint density at radius 3 is 2.64 bits per heavy atom. The Labute approximate surface area is 134 Å². The number of benzene rings is 1. The Bertz CT molecular complexity index is 670. The van der Waals surface area contributed by atoms with Gasteiger partial charge in [0.05, 0.1) is 28.3 Å². The highest BCUT2D eigenvalue weighted by atomic mass is 35.5. The van der Waals surface area contributed by atoms with E-state index in [0.717, 1.165) is 0 Å². The molecule has 1 aromatic rings. The van der Waals surface area contributed by atoms with Crippen LogP contribution >= 0.6 is 11.6 Å². The molecule has 3 N–H and O–H groups in total. The summed E-state index contributed by atoms with van der Waals surface area (Å²) in [7, 11) is 0. The molecule has 5 nitrogen and oxygen atoms in total. The summed E-state index contributed by atoms with van der Waals surface area (Å²) in [5.74, 6) is 0. The van der Waals surface area contributed by atoms with Crippen molar-refractivity contribution >= 4 is 17.3 Å². The second kappa shape index (κ2) is 4.84. The van der Waals surface area contributed by atoms with Crippen LogP contribution in [-0.4, -0.2) is 38.8 Å². The zero-order chi connectivity index (χ0) is 16.3. The minimum atomic E-state index is -1.31. The molecule has 4 atom stereocenters. The van der Waals surface area contributed by atoms with Gasteiger partial charge in [0.15, 0.2) is 0 Å². The summed E-state index contributed by atoms with van der Waals surface area (Å²) >= 11 is 6.23. The molecule has 0 amide bonds. The topological polar surface area (TPSA) is 87.7 Å². The second-order valence-electron chi connectivity index (χ2n) is 6.75. The predicted octanol–water partition coefficient (Wildman–Crippen LogP) is 1.69. The molecule has 1 unspecified atom stereocenters. The molecule has 0 aliphatic carbocycles. The third-order valence-corrected chi connectivity index (χ3v) is 5.30. The van der Waals surface area contributed by atoms with Crippen LogP contribution in [0.4, 0.5) is 5.69 Å². The van der Waals surface area contributed by atoms with Crippen LogP contribution in [0, 0.1) is 18.3 Å². The van der Waals surface area contributed by atoms with E-state index in [9.17, 15) is 15.3 Å². The third kappa shape index (κ3) is 2.19. The van der Waals surface area contributed by atoms with Crippen LogP contribution < -0.4 is 4.90 Å². The quantitative estimate of drug-likeness (QED) is 0.732. The van der Waals surface area contributed by atoms with Gasteiger partial charge in [0, 0.05) is 18.5 Å². The van der Waals surface area contributed by atoms with Gasteiger partial charge in [-0.1, -0.05) is 11.6 Å². The van der Waals surface area contributed by atoms with Gasteiger partial charge in [0.1, 0.15) is 11.8 Å². The number of halogens is 1. The van der Waals surface area contributed by atoms with E-state index in [1.807, 2.05) is 6.07 Å². The van der Waals surface area contributed by atoms with E-state index in [1.54, 1.807) is 30.9 Å². The van der Waals surface area contributed by atoms with Crippen molar-refractivity contribution in [3.05, 3.63) is 28.3 Å². The molecular weight excluding hydrogens is 304 g/mol. The number of hydrogen-bond donors (Lipinski definition) is 3. The highest BCUT2D eigenvalue weighted by Gasteiger charge is 2.58. The summed E-state index contributed by atoms with van der Waals surface area (Å²) in [6.45, 7) is 3.47. The lowest BCUT2D eigenvalue weighted by Crippen LogP contribution is -2.58. The van der Waals surface area contributed by atoms with Crippen LogP contribution in [-0.2, 0) is 0 Å². The van der Waals surface area contributed by atoms with Gasteiger partial charge in [0.2, 0.25) is 0 Å². The summed E-state index contributed by atoms with van der Waals surface area (Å²) in [5.41, 5.74) is -0.554. The molecule has 22 heavy (non-hydrogen) atoms. The van der Waals surface area contributed by atoms with Gasteiger partial charge in [-0.15, -0.1) is 0 Å². The van der Waals surface area contributed by atoms with E-state index in [4.69, 9.17) is 16.9 Å². The number of aliphatic hydroxyl groups is 3. The van der Waals surface area contributed by atoms with Crippen molar-refractivity contribution in [3.63, 3.8) is 0 Å². The molecule has 2 heterocycles. The Morgan fingerprint density at radius 1 is 1.36 bits per heavy atom. The van der Waals surface area contributed by atoms with Gasteiger partial charge in [-0.05, 0) is 38.0 Å². The summed E-state index contributed by atoms with van der Waals surface area (Å²) < 4.78 is 0. The summed E-state index contributed by atoms with van der Waals surface area (Å²) in [6.07, 6.45) is -0.00366. The molecule has 118 valence electrons. The first-order valence-corrected chi connectivity index (χ1v) is 7.68. The number of piperidine rings is 1. The SMILES string of the molecule is Cc1c(N2[C@H]3C[C@](C)(O)C[C@]2(O)CC3O)ccc(C#N)c1Cl. The lowest BCUT2D eigenvalue weighted by molar-refractivity contribution is -0.0731. The van der Waals surface area contributed by atoms with E-state index in [0.29, 0.717) is 28.3 Å². The molecule has 0 spiro atoms. The Balaban J connectivity index is 2.10. The molecule has 0 aromatic heterocycles. The van der Waals surface area contributed by atoms with Crippen molar-refractivity contribution in [1.82, 2.24) is 0 Å². The first-order chi connectivity index (χ1) is 10.2. The molecule has 3 rings (SSSR count). The molecule has 2 aliphatic rings. The first kappa shape index (κ1) is 15.6. The Hall–Kier alpha value is -1.32. The van der Waals surface area contributed by atoms with Crippen LogP contribution in [0.3, 0.4) is 0 Å². The van der Waals surface area contributed by atoms with Crippen molar-refractivity contribution in [2.75, 3.05) is 4.90 Å². The van der Waals surface area contributed by atoms with Gasteiger partial charge in [-0.2, -0.15) is 5.26 Å². The predicted molar refractivity (Wildman–Crippen MR) is 82.6 cm³/mol.